The Kier molecular flexibility index (Phi) is 4.91. The number of thiazole rings is 1. The third-order valence-electron chi connectivity index (χ3n) is 4.83. The largest absolute Gasteiger partial charge is 0.458 e. The Morgan fingerprint density at radius 2 is 2.17 bits per heavy atom. The number of fused-ring (bicyclic) bond motifs is 1. The topological polar surface area (TPSA) is 124 Å². The number of nitrogens with zero attached hydrogens (tertiary/aromatic N) is 5. The van der Waals surface area contributed by atoms with Crippen LogP contribution >= 0.6 is 11.3 Å². The number of hydrogen-bond acceptors (Lipinski definition) is 9. The summed E-state index contributed by atoms with van der Waals surface area (Å²) in [5.41, 5.74) is 8.35. The molecule has 5 heterocycles. The van der Waals surface area contributed by atoms with E-state index >= 15 is 0 Å². The molecule has 1 aliphatic rings. The van der Waals surface area contributed by atoms with E-state index in [9.17, 15) is 4.79 Å². The molecule has 0 aromatic carbocycles. The van der Waals surface area contributed by atoms with Crippen molar-refractivity contribution in [2.24, 2.45) is 5.73 Å². The Hall–Kier alpha value is -3.28. The lowest BCUT2D eigenvalue weighted by Gasteiger charge is -2.25. The highest BCUT2D eigenvalue weighted by atomic mass is 32.1. The predicted octanol–water partition coefficient (Wildman–Crippen LogP) is 2.12. The number of aromatic nitrogens is 4. The molecule has 1 amide bonds. The average molecular weight is 425 g/mol. The van der Waals surface area contributed by atoms with Crippen LogP contribution in [0.5, 0.6) is 0 Å². The maximum atomic E-state index is 11.3. The van der Waals surface area contributed by atoms with Crippen molar-refractivity contribution >= 4 is 33.8 Å². The van der Waals surface area contributed by atoms with Gasteiger partial charge in [-0.25, -0.2) is 15.0 Å². The molecule has 5 rings (SSSR count). The lowest BCUT2D eigenvalue weighted by molar-refractivity contribution is 0.0337. The number of nitrogens with one attached hydrogen (secondary N) is 1. The summed E-state index contributed by atoms with van der Waals surface area (Å²) in [4.78, 5) is 27.2. The smallest absolute Gasteiger partial charge is 0.284 e. The fourth-order valence-electron chi connectivity index (χ4n) is 3.35. The number of carbonyl (C=O) groups is 1. The second-order valence-electron chi connectivity index (χ2n) is 6.83. The Balaban J connectivity index is 1.38. The van der Waals surface area contributed by atoms with E-state index in [0.717, 1.165) is 49.4 Å². The normalized spacial score (nSPS) is 14.9. The van der Waals surface area contributed by atoms with Crippen molar-refractivity contribution in [1.29, 1.82) is 0 Å². The molecule has 30 heavy (non-hydrogen) atoms. The molecule has 0 unspecified atom stereocenters. The average Bonchev–Trinajstić information content (AvgIpc) is 3.50. The Morgan fingerprint density at radius 3 is 2.97 bits per heavy atom. The number of primary amides is 1. The predicted molar refractivity (Wildman–Crippen MR) is 111 cm³/mol. The van der Waals surface area contributed by atoms with Crippen LogP contribution in [0.1, 0.15) is 16.2 Å². The Morgan fingerprint density at radius 1 is 1.30 bits per heavy atom. The molecule has 10 nitrogen and oxygen atoms in total. The molecular formula is C19H19N7O3S. The van der Waals surface area contributed by atoms with Crippen LogP contribution in [0.15, 0.2) is 40.7 Å². The number of ether oxygens (including phenoxy) is 1. The van der Waals surface area contributed by atoms with Crippen LogP contribution < -0.4 is 11.1 Å². The van der Waals surface area contributed by atoms with E-state index in [0.29, 0.717) is 17.0 Å². The monoisotopic (exact) mass is 425 g/mol. The number of furan rings is 1. The van der Waals surface area contributed by atoms with Crippen molar-refractivity contribution in [3.8, 4) is 11.3 Å². The van der Waals surface area contributed by atoms with Gasteiger partial charge in [0.2, 0.25) is 0 Å². The number of anilines is 2. The van der Waals surface area contributed by atoms with E-state index < -0.39 is 5.91 Å². The quantitative estimate of drug-likeness (QED) is 0.481. The highest BCUT2D eigenvalue weighted by Crippen LogP contribution is 2.28. The number of nitrogens with two attached hydrogens (primary N) is 1. The van der Waals surface area contributed by atoms with E-state index in [1.165, 1.54) is 17.6 Å². The van der Waals surface area contributed by atoms with Crippen molar-refractivity contribution < 1.29 is 13.9 Å². The molecule has 1 saturated heterocycles. The second kappa shape index (κ2) is 7.86. The van der Waals surface area contributed by atoms with Crippen molar-refractivity contribution in [3.63, 3.8) is 0 Å². The van der Waals surface area contributed by atoms with Gasteiger partial charge in [0.25, 0.3) is 5.91 Å². The molecule has 0 spiro atoms. The SMILES string of the molecule is NC(=O)c1cc(-c2cnc(Nc3nc(CN4CCOCC4)cs3)c3nccn23)co1. The third kappa shape index (κ3) is 3.65. The van der Waals surface area contributed by atoms with Crippen LogP contribution in [0.3, 0.4) is 0 Å². The lowest BCUT2D eigenvalue weighted by Crippen LogP contribution is -2.35. The minimum atomic E-state index is -0.619. The molecular weight excluding hydrogens is 406 g/mol. The zero-order valence-corrected chi connectivity index (χ0v) is 16.8. The van der Waals surface area contributed by atoms with Gasteiger partial charge in [0, 0.05) is 43.0 Å². The fraction of sp³-hybridized carbons (Fsp3) is 0.263. The number of imidazole rings is 1. The van der Waals surface area contributed by atoms with E-state index in [1.807, 2.05) is 16.0 Å². The molecule has 0 atom stereocenters. The van der Waals surface area contributed by atoms with Gasteiger partial charge in [-0.05, 0) is 6.07 Å². The number of hydrogen-bond donors (Lipinski definition) is 2. The first kappa shape index (κ1) is 18.7. The highest BCUT2D eigenvalue weighted by molar-refractivity contribution is 7.13. The number of carbonyl (C=O) groups excluding carboxylic acids is 1. The summed E-state index contributed by atoms with van der Waals surface area (Å²) in [6.07, 6.45) is 6.67. The molecule has 0 aliphatic carbocycles. The first-order valence-corrected chi connectivity index (χ1v) is 10.3. The minimum absolute atomic E-state index is 0.0936. The zero-order valence-electron chi connectivity index (χ0n) is 15.9. The van der Waals surface area contributed by atoms with Gasteiger partial charge in [-0.1, -0.05) is 0 Å². The molecule has 1 fully saturated rings. The van der Waals surface area contributed by atoms with Gasteiger partial charge < -0.3 is 20.2 Å². The highest BCUT2D eigenvalue weighted by Gasteiger charge is 2.16. The van der Waals surface area contributed by atoms with E-state index in [4.69, 9.17) is 14.9 Å². The van der Waals surface area contributed by atoms with Gasteiger partial charge in [-0.3, -0.25) is 14.1 Å². The van der Waals surface area contributed by atoms with E-state index in [2.05, 4.69) is 25.2 Å². The standard InChI is InChI=1S/C19H19N7O3S/c20-16(27)15-7-12(10-29-15)14-8-22-17(18-21-1-2-26(14)18)24-19-23-13(11-30-19)9-25-3-5-28-6-4-25/h1-2,7-8,10-11H,3-6,9H2,(H2,20,27)(H,22,23,24). The molecule has 0 radical (unpaired) electrons. The number of morpholine rings is 1. The van der Waals surface area contributed by atoms with Crippen LogP contribution in [-0.4, -0.2) is 56.5 Å². The van der Waals surface area contributed by atoms with E-state index in [1.54, 1.807) is 18.5 Å². The van der Waals surface area contributed by atoms with Crippen molar-refractivity contribution in [2.75, 3.05) is 31.6 Å². The molecule has 154 valence electrons. The Labute approximate surface area is 175 Å². The van der Waals surface area contributed by atoms with Crippen molar-refractivity contribution in [1.82, 2.24) is 24.3 Å². The van der Waals surface area contributed by atoms with Crippen LogP contribution in [0, 0.1) is 0 Å². The molecule has 0 saturated carbocycles. The van der Waals surface area contributed by atoms with Gasteiger partial charge in [0.05, 0.1) is 30.8 Å². The first-order valence-electron chi connectivity index (χ1n) is 9.39. The fourth-order valence-corrected chi connectivity index (χ4v) is 4.05. The van der Waals surface area contributed by atoms with E-state index in [-0.39, 0.29) is 5.76 Å². The minimum Gasteiger partial charge on any atom is -0.458 e. The molecule has 0 bridgehead atoms. The maximum absolute atomic E-state index is 11.3. The number of amides is 1. The summed E-state index contributed by atoms with van der Waals surface area (Å²) in [5.74, 6) is 0.0664. The molecule has 1 aliphatic heterocycles. The third-order valence-corrected chi connectivity index (χ3v) is 5.64. The second-order valence-corrected chi connectivity index (χ2v) is 7.69. The number of rotatable bonds is 6. The Bertz CT molecular complexity index is 1190. The lowest BCUT2D eigenvalue weighted by atomic mass is 10.2. The summed E-state index contributed by atoms with van der Waals surface area (Å²) in [5, 5.41) is 6.06. The zero-order chi connectivity index (χ0) is 20.5. The van der Waals surface area contributed by atoms with Crippen LogP contribution in [0.2, 0.25) is 0 Å². The van der Waals surface area contributed by atoms with Gasteiger partial charge in [0.15, 0.2) is 22.4 Å². The molecule has 4 aromatic rings. The summed E-state index contributed by atoms with van der Waals surface area (Å²) >= 11 is 1.53. The van der Waals surface area contributed by atoms with Crippen LogP contribution in [0.4, 0.5) is 10.9 Å². The van der Waals surface area contributed by atoms with Crippen molar-refractivity contribution in [3.05, 3.63) is 47.8 Å². The summed E-state index contributed by atoms with van der Waals surface area (Å²) in [7, 11) is 0. The first-order chi connectivity index (χ1) is 14.7. The molecule has 4 aromatic heterocycles. The summed E-state index contributed by atoms with van der Waals surface area (Å²) < 4.78 is 12.5. The van der Waals surface area contributed by atoms with Gasteiger partial charge in [-0.15, -0.1) is 11.3 Å². The van der Waals surface area contributed by atoms with Crippen LogP contribution in [0.25, 0.3) is 16.9 Å². The van der Waals surface area contributed by atoms with Crippen molar-refractivity contribution in [2.45, 2.75) is 6.54 Å². The molecule has 3 N–H and O–H groups in total. The maximum Gasteiger partial charge on any atom is 0.284 e. The van der Waals surface area contributed by atoms with Crippen LogP contribution in [-0.2, 0) is 11.3 Å². The van der Waals surface area contributed by atoms with Gasteiger partial charge >= 0.3 is 0 Å². The van der Waals surface area contributed by atoms with Gasteiger partial charge in [-0.2, -0.15) is 0 Å². The summed E-state index contributed by atoms with van der Waals surface area (Å²) in [6.45, 7) is 4.17. The van der Waals surface area contributed by atoms with Gasteiger partial charge in [0.1, 0.15) is 6.26 Å². The molecule has 11 heteroatoms. The summed E-state index contributed by atoms with van der Waals surface area (Å²) in [6, 6.07) is 1.59.